The van der Waals surface area contributed by atoms with Crippen LogP contribution in [0.2, 0.25) is 0 Å². The number of thiazole rings is 1. The predicted molar refractivity (Wildman–Crippen MR) is 102 cm³/mol. The van der Waals surface area contributed by atoms with Crippen LogP contribution in [0.4, 0.5) is 10.9 Å². The molecule has 1 aliphatic heterocycles. The van der Waals surface area contributed by atoms with E-state index in [1.807, 2.05) is 18.2 Å². The van der Waals surface area contributed by atoms with Crippen LogP contribution >= 0.6 is 11.3 Å². The summed E-state index contributed by atoms with van der Waals surface area (Å²) in [6.45, 7) is 3.61. The molecule has 2 heterocycles. The van der Waals surface area contributed by atoms with Crippen molar-refractivity contribution in [2.45, 2.75) is 6.54 Å². The third-order valence-electron chi connectivity index (χ3n) is 4.06. The maximum Gasteiger partial charge on any atom is 0.285 e. The van der Waals surface area contributed by atoms with Crippen molar-refractivity contribution in [3.63, 3.8) is 0 Å². The Hall–Kier alpha value is -2.52. The van der Waals surface area contributed by atoms with Crippen molar-refractivity contribution in [2.75, 3.05) is 50.7 Å². The molecule has 4 N–H and O–H groups in total. The molecule has 1 aromatic carbocycles. The van der Waals surface area contributed by atoms with Gasteiger partial charge in [-0.3, -0.25) is 4.90 Å². The van der Waals surface area contributed by atoms with Crippen molar-refractivity contribution in [1.29, 1.82) is 0 Å². The summed E-state index contributed by atoms with van der Waals surface area (Å²) in [7, 11) is 3.24. The van der Waals surface area contributed by atoms with Crippen LogP contribution in [-0.2, 0) is 11.3 Å². The molecule has 0 atom stereocenters. The predicted octanol–water partition coefficient (Wildman–Crippen LogP) is 1.34. The van der Waals surface area contributed by atoms with Gasteiger partial charge in [-0.2, -0.15) is 0 Å². The number of aliphatic imine (C=N–C) groups is 1. The SMILES string of the molecule is COc1cccc(OC)c1CN=C(N)Nc1[nH+]c(N2CCOCC2)cs1. The van der Waals surface area contributed by atoms with Crippen molar-refractivity contribution >= 4 is 28.2 Å². The highest BCUT2D eigenvalue weighted by Gasteiger charge is 2.19. The molecule has 1 saturated heterocycles. The first-order valence-electron chi connectivity index (χ1n) is 8.31. The van der Waals surface area contributed by atoms with Gasteiger partial charge in [0.2, 0.25) is 5.82 Å². The van der Waals surface area contributed by atoms with E-state index in [-0.39, 0.29) is 0 Å². The molecule has 0 unspecified atom stereocenters. The lowest BCUT2D eigenvalue weighted by atomic mass is 10.2. The smallest absolute Gasteiger partial charge is 0.285 e. The van der Waals surface area contributed by atoms with Gasteiger partial charge < -0.3 is 19.9 Å². The number of methoxy groups -OCH3 is 2. The average Bonchev–Trinajstić information content (AvgIpc) is 3.15. The second kappa shape index (κ2) is 8.72. The molecule has 0 aliphatic carbocycles. The third kappa shape index (κ3) is 4.36. The minimum absolute atomic E-state index is 0.324. The van der Waals surface area contributed by atoms with Gasteiger partial charge in [0.1, 0.15) is 11.5 Å². The topological polar surface area (TPSA) is 95.5 Å². The number of ether oxygens (including phenoxy) is 3. The molecule has 3 rings (SSSR count). The Kier molecular flexibility index (Phi) is 6.13. The fourth-order valence-electron chi connectivity index (χ4n) is 2.71. The van der Waals surface area contributed by atoms with E-state index < -0.39 is 0 Å². The lowest BCUT2D eigenvalue weighted by molar-refractivity contribution is -0.340. The van der Waals surface area contributed by atoms with E-state index >= 15 is 0 Å². The second-order valence-corrected chi connectivity index (χ2v) is 6.52. The van der Waals surface area contributed by atoms with Crippen molar-refractivity contribution in [2.24, 2.45) is 10.7 Å². The number of hydrogen-bond donors (Lipinski definition) is 2. The molecule has 0 spiro atoms. The van der Waals surface area contributed by atoms with E-state index in [1.165, 1.54) is 0 Å². The summed E-state index contributed by atoms with van der Waals surface area (Å²) in [6.07, 6.45) is 0. The summed E-state index contributed by atoms with van der Waals surface area (Å²) in [5.41, 5.74) is 6.89. The summed E-state index contributed by atoms with van der Waals surface area (Å²) >= 11 is 1.55. The zero-order valence-electron chi connectivity index (χ0n) is 14.9. The molecule has 1 fully saturated rings. The van der Waals surface area contributed by atoms with Crippen LogP contribution in [0.1, 0.15) is 5.56 Å². The Labute approximate surface area is 156 Å². The van der Waals surface area contributed by atoms with E-state index in [2.05, 4.69) is 25.6 Å². The van der Waals surface area contributed by atoms with Gasteiger partial charge in [-0.05, 0) is 12.1 Å². The number of nitrogens with two attached hydrogens (primary N) is 1. The lowest BCUT2D eigenvalue weighted by Crippen LogP contribution is -2.39. The van der Waals surface area contributed by atoms with Gasteiger partial charge in [-0.15, -0.1) is 0 Å². The first-order chi connectivity index (χ1) is 12.7. The van der Waals surface area contributed by atoms with Crippen LogP contribution in [0.15, 0.2) is 28.6 Å². The molecule has 140 valence electrons. The van der Waals surface area contributed by atoms with Crippen LogP contribution < -0.4 is 30.4 Å². The van der Waals surface area contributed by atoms with E-state index in [1.54, 1.807) is 25.6 Å². The number of morpholine rings is 1. The van der Waals surface area contributed by atoms with Gasteiger partial charge in [0.05, 0.1) is 58.0 Å². The maximum absolute atomic E-state index is 6.03. The van der Waals surface area contributed by atoms with Gasteiger partial charge in [0.25, 0.3) is 11.1 Å². The number of nitrogens with zero attached hydrogens (tertiary/aromatic N) is 2. The molecule has 0 radical (unpaired) electrons. The summed E-state index contributed by atoms with van der Waals surface area (Å²) in [6, 6.07) is 5.62. The van der Waals surface area contributed by atoms with Gasteiger partial charge in [-0.1, -0.05) is 17.4 Å². The molecule has 9 heteroatoms. The van der Waals surface area contributed by atoms with Gasteiger partial charge >= 0.3 is 0 Å². The van der Waals surface area contributed by atoms with Crippen LogP contribution in [0, 0.1) is 0 Å². The van der Waals surface area contributed by atoms with Crippen LogP contribution in [-0.4, -0.2) is 46.5 Å². The lowest BCUT2D eigenvalue weighted by Gasteiger charge is -2.22. The number of nitrogens with one attached hydrogen (secondary N) is 2. The Morgan fingerprint density at radius 3 is 2.65 bits per heavy atom. The van der Waals surface area contributed by atoms with Gasteiger partial charge in [0.15, 0.2) is 0 Å². The normalized spacial score (nSPS) is 15.0. The average molecular weight is 378 g/mol. The number of rotatable bonds is 6. The molecule has 0 amide bonds. The van der Waals surface area contributed by atoms with Crippen molar-refractivity contribution in [1.82, 2.24) is 0 Å². The zero-order valence-corrected chi connectivity index (χ0v) is 15.8. The number of aromatic amines is 1. The van der Waals surface area contributed by atoms with E-state index in [9.17, 15) is 0 Å². The van der Waals surface area contributed by atoms with Crippen LogP contribution in [0.5, 0.6) is 11.5 Å². The molecule has 1 aliphatic rings. The summed E-state index contributed by atoms with van der Waals surface area (Å²) in [4.78, 5) is 9.98. The number of benzene rings is 1. The minimum atomic E-state index is 0.324. The number of aromatic nitrogens is 1. The Morgan fingerprint density at radius 2 is 2.00 bits per heavy atom. The Balaban J connectivity index is 1.65. The summed E-state index contributed by atoms with van der Waals surface area (Å²) in [5, 5.41) is 5.99. The van der Waals surface area contributed by atoms with E-state index in [0.717, 1.165) is 54.3 Å². The van der Waals surface area contributed by atoms with Crippen LogP contribution in [0.25, 0.3) is 0 Å². The Bertz CT molecular complexity index is 736. The molecule has 8 nitrogen and oxygen atoms in total. The first-order valence-corrected chi connectivity index (χ1v) is 9.19. The number of guanidine groups is 1. The molecule has 0 bridgehead atoms. The first kappa shape index (κ1) is 18.3. The van der Waals surface area contributed by atoms with Gasteiger partial charge in [-0.25, -0.2) is 15.3 Å². The van der Waals surface area contributed by atoms with Crippen molar-refractivity contribution in [3.8, 4) is 11.5 Å². The fraction of sp³-hybridized carbons (Fsp3) is 0.412. The summed E-state index contributed by atoms with van der Waals surface area (Å²) < 4.78 is 16.1. The van der Waals surface area contributed by atoms with Crippen molar-refractivity contribution < 1.29 is 19.2 Å². The summed E-state index contributed by atoms with van der Waals surface area (Å²) in [5.74, 6) is 2.82. The maximum atomic E-state index is 6.03. The molecular weight excluding hydrogens is 354 g/mol. The highest BCUT2D eigenvalue weighted by molar-refractivity contribution is 7.13. The largest absolute Gasteiger partial charge is 0.496 e. The molecule has 2 aromatic rings. The fourth-order valence-corrected chi connectivity index (χ4v) is 3.48. The van der Waals surface area contributed by atoms with Gasteiger partial charge in [0, 0.05) is 0 Å². The molecule has 1 aromatic heterocycles. The highest BCUT2D eigenvalue weighted by Crippen LogP contribution is 2.28. The molecule has 0 saturated carbocycles. The molecular formula is C17H24N5O3S+. The Morgan fingerprint density at radius 1 is 1.31 bits per heavy atom. The third-order valence-corrected chi connectivity index (χ3v) is 4.84. The van der Waals surface area contributed by atoms with E-state index in [0.29, 0.717) is 12.5 Å². The number of anilines is 2. The molecule has 26 heavy (non-hydrogen) atoms. The zero-order chi connectivity index (χ0) is 18.4. The standard InChI is InChI=1S/C17H23N5O3S/c1-23-13-4-3-5-14(24-2)12(13)10-19-16(18)21-17-20-15(11-26-17)22-6-8-25-9-7-22/h3-5,11H,6-10H2,1-2H3,(H3,18,19,20,21)/p+1. The minimum Gasteiger partial charge on any atom is -0.496 e. The highest BCUT2D eigenvalue weighted by atomic mass is 32.1. The van der Waals surface area contributed by atoms with Crippen molar-refractivity contribution in [3.05, 3.63) is 29.1 Å². The quantitative estimate of drug-likeness (QED) is 0.582. The van der Waals surface area contributed by atoms with Crippen LogP contribution in [0.3, 0.4) is 0 Å². The van der Waals surface area contributed by atoms with E-state index in [4.69, 9.17) is 19.9 Å². The number of hydrogen-bond acceptors (Lipinski definition) is 6. The monoisotopic (exact) mass is 378 g/mol. The number of H-pyrrole nitrogens is 1. The second-order valence-electron chi connectivity index (χ2n) is 5.64.